The molecule has 0 spiro atoms. The minimum absolute atomic E-state index is 0. The standard InChI is InChI=1S/C12H16AsFN2O2.2ClH/c13-10(11(17)8-1-4-15-5-2-8)12(18)16-6-3-9(14)7-16;;/h1-2,4-5,9-11,17H,3,6-7,13H2;2*1H/t9-,10-,11+;;/m1../s1. The SMILES string of the molecule is Cl.Cl.O=C([C@H]([AsH2])[C@@H](O)c1ccncc1)N1CC[C@@H](F)C1. The van der Waals surface area contributed by atoms with Crippen LogP contribution in [0.1, 0.15) is 18.1 Å². The number of halogens is 3. The Balaban J connectivity index is 0.00000180. The molecular formula is C12H18AsCl2FN2O2. The Kier molecular flexibility index (Phi) is 8.67. The summed E-state index contributed by atoms with van der Waals surface area (Å²) in [6.45, 7) is 0.603. The van der Waals surface area contributed by atoms with E-state index in [-0.39, 0.29) is 37.3 Å². The summed E-state index contributed by atoms with van der Waals surface area (Å²) in [5, 5.41) is 10.1. The predicted molar refractivity (Wildman–Crippen MR) is 82.1 cm³/mol. The van der Waals surface area contributed by atoms with Crippen molar-refractivity contribution in [3.8, 4) is 0 Å². The van der Waals surface area contributed by atoms with Gasteiger partial charge in [-0.15, -0.1) is 24.8 Å². The number of alkyl halides is 1. The third-order valence-corrected chi connectivity index (χ3v) is 4.48. The normalized spacial score (nSPS) is 20.6. The van der Waals surface area contributed by atoms with Crippen molar-refractivity contribution in [3.63, 3.8) is 0 Å². The van der Waals surface area contributed by atoms with Crippen LogP contribution >= 0.6 is 24.8 Å². The van der Waals surface area contributed by atoms with Gasteiger partial charge in [0.15, 0.2) is 0 Å². The first-order chi connectivity index (χ1) is 8.59. The molecule has 1 aromatic rings. The fourth-order valence-corrected chi connectivity index (χ4v) is 2.94. The molecule has 0 saturated carbocycles. The Labute approximate surface area is 138 Å². The van der Waals surface area contributed by atoms with E-state index in [4.69, 9.17) is 0 Å². The number of aliphatic hydroxyl groups excluding tert-OH is 1. The van der Waals surface area contributed by atoms with Crippen LogP contribution in [0.25, 0.3) is 0 Å². The molecule has 4 nitrogen and oxygen atoms in total. The van der Waals surface area contributed by atoms with Crippen LogP contribution in [-0.2, 0) is 4.79 Å². The molecule has 1 fully saturated rings. The molecule has 4 atom stereocenters. The summed E-state index contributed by atoms with van der Waals surface area (Å²) in [5.74, 6) is -0.167. The van der Waals surface area contributed by atoms with Gasteiger partial charge in [-0.3, -0.25) is 0 Å². The molecule has 1 aliphatic rings. The summed E-state index contributed by atoms with van der Waals surface area (Å²) in [7, 11) is 0. The first-order valence-corrected chi connectivity index (χ1v) is 7.26. The number of carbonyl (C=O) groups is 1. The van der Waals surface area contributed by atoms with Crippen molar-refractivity contribution in [2.45, 2.75) is 23.4 Å². The third kappa shape index (κ3) is 4.59. The first kappa shape index (κ1) is 19.6. The zero-order valence-corrected chi connectivity index (χ0v) is 14.7. The van der Waals surface area contributed by atoms with Gasteiger partial charge in [0.25, 0.3) is 0 Å². The van der Waals surface area contributed by atoms with Gasteiger partial charge in [-0.1, -0.05) is 0 Å². The Morgan fingerprint density at radius 3 is 2.55 bits per heavy atom. The van der Waals surface area contributed by atoms with Crippen LogP contribution in [0.5, 0.6) is 0 Å². The van der Waals surface area contributed by atoms with Crippen molar-refractivity contribution in [2.75, 3.05) is 13.1 Å². The van der Waals surface area contributed by atoms with Crippen molar-refractivity contribution >= 4 is 47.6 Å². The van der Waals surface area contributed by atoms with Crippen LogP contribution in [0.15, 0.2) is 24.5 Å². The number of rotatable bonds is 3. The second-order valence-electron chi connectivity index (χ2n) is 4.42. The van der Waals surface area contributed by atoms with Crippen LogP contribution in [0.3, 0.4) is 0 Å². The molecule has 0 radical (unpaired) electrons. The Bertz CT molecular complexity index is 427. The van der Waals surface area contributed by atoms with Gasteiger partial charge in [-0.25, -0.2) is 0 Å². The van der Waals surface area contributed by atoms with E-state index in [1.54, 1.807) is 24.5 Å². The van der Waals surface area contributed by atoms with Gasteiger partial charge in [0.1, 0.15) is 0 Å². The topological polar surface area (TPSA) is 53.4 Å². The number of aromatic nitrogens is 1. The van der Waals surface area contributed by atoms with Crippen molar-refractivity contribution in [3.05, 3.63) is 30.1 Å². The molecule has 2 heterocycles. The summed E-state index contributed by atoms with van der Waals surface area (Å²) in [6.07, 6.45) is 1.79. The van der Waals surface area contributed by atoms with Gasteiger partial charge in [-0.05, 0) is 0 Å². The van der Waals surface area contributed by atoms with E-state index in [2.05, 4.69) is 4.98 Å². The van der Waals surface area contributed by atoms with Crippen molar-refractivity contribution in [1.82, 2.24) is 9.88 Å². The molecular weight excluding hydrogens is 369 g/mol. The molecule has 1 aliphatic heterocycles. The number of aliphatic hydroxyl groups is 1. The second-order valence-corrected chi connectivity index (χ2v) is 5.93. The van der Waals surface area contributed by atoms with Gasteiger partial charge >= 0.3 is 114 Å². The maximum absolute atomic E-state index is 13.1. The van der Waals surface area contributed by atoms with Gasteiger partial charge in [0.05, 0.1) is 0 Å². The Hall–Kier alpha value is -0.352. The molecule has 1 amide bonds. The fourth-order valence-electron chi connectivity index (χ4n) is 2.03. The van der Waals surface area contributed by atoms with E-state index >= 15 is 0 Å². The molecule has 0 aromatic carbocycles. The molecule has 8 heteroatoms. The molecule has 1 saturated heterocycles. The molecule has 1 aromatic heterocycles. The van der Waals surface area contributed by atoms with E-state index in [0.29, 0.717) is 18.5 Å². The van der Waals surface area contributed by atoms with Crippen LogP contribution < -0.4 is 0 Å². The van der Waals surface area contributed by atoms with Crippen LogP contribution in [0.4, 0.5) is 4.39 Å². The van der Waals surface area contributed by atoms with Gasteiger partial charge in [-0.2, -0.15) is 0 Å². The Morgan fingerprint density at radius 1 is 1.45 bits per heavy atom. The Morgan fingerprint density at radius 2 is 2.05 bits per heavy atom. The number of amides is 1. The molecule has 2 rings (SSSR count). The van der Waals surface area contributed by atoms with Gasteiger partial charge in [0, 0.05) is 0 Å². The quantitative estimate of drug-likeness (QED) is 0.787. The minimum atomic E-state index is -0.924. The van der Waals surface area contributed by atoms with Crippen LogP contribution in [0, 0.1) is 0 Å². The van der Waals surface area contributed by atoms with Gasteiger partial charge < -0.3 is 0 Å². The van der Waals surface area contributed by atoms with E-state index in [1.807, 2.05) is 0 Å². The molecule has 20 heavy (non-hydrogen) atoms. The van der Waals surface area contributed by atoms with E-state index in [9.17, 15) is 14.3 Å². The second kappa shape index (κ2) is 8.83. The van der Waals surface area contributed by atoms with Crippen LogP contribution in [0.2, 0.25) is 4.71 Å². The summed E-state index contributed by atoms with van der Waals surface area (Å²) in [4.78, 5) is 17.5. The predicted octanol–water partition coefficient (Wildman–Crippen LogP) is 0.951. The monoisotopic (exact) mass is 386 g/mol. The number of nitrogens with zero attached hydrogens (tertiary/aromatic N) is 2. The average Bonchev–Trinajstić information content (AvgIpc) is 2.84. The maximum atomic E-state index is 13.1. The van der Waals surface area contributed by atoms with Crippen molar-refractivity contribution in [1.29, 1.82) is 0 Å². The van der Waals surface area contributed by atoms with E-state index < -0.39 is 17.0 Å². The fraction of sp³-hybridized carbons (Fsp3) is 0.500. The van der Waals surface area contributed by atoms with E-state index in [0.717, 1.165) is 16.9 Å². The number of pyridine rings is 1. The average molecular weight is 387 g/mol. The van der Waals surface area contributed by atoms with Crippen molar-refractivity contribution in [2.24, 2.45) is 0 Å². The van der Waals surface area contributed by atoms with E-state index in [1.165, 1.54) is 4.90 Å². The molecule has 1 unspecified atom stereocenters. The molecule has 0 bridgehead atoms. The van der Waals surface area contributed by atoms with Crippen LogP contribution in [-0.4, -0.2) is 57.0 Å². The molecule has 0 aliphatic carbocycles. The first-order valence-electron chi connectivity index (χ1n) is 5.86. The molecule has 114 valence electrons. The molecule has 1 N–H and O–H groups in total. The van der Waals surface area contributed by atoms with Gasteiger partial charge in [0.2, 0.25) is 0 Å². The zero-order valence-electron chi connectivity index (χ0n) is 10.7. The zero-order chi connectivity index (χ0) is 13.1. The number of likely N-dealkylation sites (tertiary alicyclic amines) is 1. The summed E-state index contributed by atoms with van der Waals surface area (Å²) >= 11 is 1.16. The number of hydrogen-bond donors (Lipinski definition) is 1. The van der Waals surface area contributed by atoms with Crippen molar-refractivity contribution < 1.29 is 14.3 Å². The summed E-state index contributed by atoms with van der Waals surface area (Å²) in [5.41, 5.74) is 0.670. The summed E-state index contributed by atoms with van der Waals surface area (Å²) < 4.78 is 12.6. The third-order valence-electron chi connectivity index (χ3n) is 3.12. The number of hydrogen-bond acceptors (Lipinski definition) is 3. The number of carbonyl (C=O) groups excluding carboxylic acids is 1. The summed E-state index contributed by atoms with van der Waals surface area (Å²) in [6, 6.07) is 3.37.